The molecule has 5 nitrogen and oxygen atoms in total. The van der Waals surface area contributed by atoms with E-state index in [1.807, 2.05) is 35.2 Å². The van der Waals surface area contributed by atoms with Crippen molar-refractivity contribution in [2.75, 3.05) is 13.2 Å². The molecule has 2 aromatic rings. The average Bonchev–Trinajstić information content (AvgIpc) is 2.85. The SMILES string of the molecule is CCOC(=O)CN(Cc1ccccc1)Cc1nnsc1Cl. The van der Waals surface area contributed by atoms with Gasteiger partial charge in [-0.05, 0) is 12.5 Å². The number of aromatic nitrogens is 2. The van der Waals surface area contributed by atoms with Crippen LogP contribution in [0.2, 0.25) is 4.34 Å². The zero-order valence-electron chi connectivity index (χ0n) is 11.7. The van der Waals surface area contributed by atoms with Crippen molar-refractivity contribution in [3.8, 4) is 0 Å². The molecule has 7 heteroatoms. The highest BCUT2D eigenvalue weighted by Crippen LogP contribution is 2.19. The molecule has 1 aromatic carbocycles. The van der Waals surface area contributed by atoms with Crippen molar-refractivity contribution in [1.29, 1.82) is 0 Å². The van der Waals surface area contributed by atoms with Gasteiger partial charge in [0.15, 0.2) is 0 Å². The Bertz CT molecular complexity index is 577. The Morgan fingerprint density at radius 1 is 1.33 bits per heavy atom. The third-order valence-electron chi connectivity index (χ3n) is 2.79. The summed E-state index contributed by atoms with van der Waals surface area (Å²) in [6.07, 6.45) is 0. The number of hydrogen-bond acceptors (Lipinski definition) is 6. The number of carbonyl (C=O) groups is 1. The van der Waals surface area contributed by atoms with Crippen molar-refractivity contribution in [1.82, 2.24) is 14.5 Å². The van der Waals surface area contributed by atoms with Crippen LogP contribution in [0, 0.1) is 0 Å². The van der Waals surface area contributed by atoms with Gasteiger partial charge in [0.05, 0.1) is 13.2 Å². The number of benzene rings is 1. The molecule has 2 rings (SSSR count). The molecule has 0 N–H and O–H groups in total. The molecule has 1 aromatic heterocycles. The normalized spacial score (nSPS) is 10.8. The van der Waals surface area contributed by atoms with Crippen LogP contribution >= 0.6 is 23.1 Å². The summed E-state index contributed by atoms with van der Waals surface area (Å²) in [6, 6.07) is 9.92. The molecule has 1 heterocycles. The lowest BCUT2D eigenvalue weighted by Gasteiger charge is -2.20. The molecule has 0 fully saturated rings. The predicted molar refractivity (Wildman–Crippen MR) is 82.1 cm³/mol. The second kappa shape index (κ2) is 8.07. The number of carbonyl (C=O) groups excluding carboxylic acids is 1. The van der Waals surface area contributed by atoms with Crippen molar-refractivity contribution in [3.05, 3.63) is 45.9 Å². The van der Waals surface area contributed by atoms with Gasteiger partial charge in [-0.1, -0.05) is 46.4 Å². The minimum absolute atomic E-state index is 0.191. The first-order valence-electron chi connectivity index (χ1n) is 6.57. The topological polar surface area (TPSA) is 55.3 Å². The van der Waals surface area contributed by atoms with Gasteiger partial charge in [0, 0.05) is 24.6 Å². The van der Waals surface area contributed by atoms with E-state index >= 15 is 0 Å². The van der Waals surface area contributed by atoms with Crippen LogP contribution in [0.4, 0.5) is 0 Å². The Hall–Kier alpha value is -1.50. The third-order valence-corrected chi connectivity index (χ3v) is 3.77. The molecule has 0 saturated carbocycles. The standard InChI is InChI=1S/C14H16ClN3O2S/c1-2-20-13(19)10-18(8-11-6-4-3-5-7-11)9-12-14(15)21-17-16-12/h3-7H,2,8-10H2,1H3. The van der Waals surface area contributed by atoms with Crippen LogP contribution in [0.15, 0.2) is 30.3 Å². The molecule has 0 aliphatic rings. The molecular weight excluding hydrogens is 310 g/mol. The summed E-state index contributed by atoms with van der Waals surface area (Å²) in [5.74, 6) is -0.257. The lowest BCUT2D eigenvalue weighted by Crippen LogP contribution is -2.30. The molecule has 0 bridgehead atoms. The summed E-state index contributed by atoms with van der Waals surface area (Å²) in [7, 11) is 0. The molecule has 0 spiro atoms. The molecular formula is C14H16ClN3O2S. The fraction of sp³-hybridized carbons (Fsp3) is 0.357. The Morgan fingerprint density at radius 3 is 2.71 bits per heavy atom. The maximum Gasteiger partial charge on any atom is 0.320 e. The molecule has 0 aliphatic heterocycles. The van der Waals surface area contributed by atoms with Crippen molar-refractivity contribution in [3.63, 3.8) is 0 Å². The minimum Gasteiger partial charge on any atom is -0.465 e. The zero-order valence-corrected chi connectivity index (χ0v) is 13.2. The molecule has 21 heavy (non-hydrogen) atoms. The van der Waals surface area contributed by atoms with E-state index in [2.05, 4.69) is 9.59 Å². The van der Waals surface area contributed by atoms with Gasteiger partial charge in [0.1, 0.15) is 10.0 Å². The van der Waals surface area contributed by atoms with Crippen LogP contribution in [0.5, 0.6) is 0 Å². The van der Waals surface area contributed by atoms with E-state index < -0.39 is 0 Å². The summed E-state index contributed by atoms with van der Waals surface area (Å²) in [5, 5.41) is 3.99. The van der Waals surface area contributed by atoms with Gasteiger partial charge in [-0.3, -0.25) is 9.69 Å². The Kier molecular flexibility index (Phi) is 6.10. The van der Waals surface area contributed by atoms with E-state index in [0.717, 1.165) is 17.1 Å². The van der Waals surface area contributed by atoms with Crippen LogP contribution in [0.25, 0.3) is 0 Å². The molecule has 0 atom stereocenters. The summed E-state index contributed by atoms with van der Waals surface area (Å²) < 4.78 is 9.38. The number of hydrogen-bond donors (Lipinski definition) is 0. The van der Waals surface area contributed by atoms with Crippen LogP contribution < -0.4 is 0 Å². The number of nitrogens with zero attached hydrogens (tertiary/aromatic N) is 3. The van der Waals surface area contributed by atoms with Crippen molar-refractivity contribution in [2.24, 2.45) is 0 Å². The predicted octanol–water partition coefficient (Wildman–Crippen LogP) is 2.76. The second-order valence-corrected chi connectivity index (χ2v) is 5.79. The number of halogens is 1. The largest absolute Gasteiger partial charge is 0.465 e. The van der Waals surface area contributed by atoms with Gasteiger partial charge < -0.3 is 4.74 Å². The van der Waals surface area contributed by atoms with Gasteiger partial charge in [0.2, 0.25) is 0 Å². The first-order chi connectivity index (χ1) is 10.2. The van der Waals surface area contributed by atoms with Crippen LogP contribution in [0.1, 0.15) is 18.2 Å². The highest BCUT2D eigenvalue weighted by molar-refractivity contribution is 7.10. The molecule has 0 saturated heterocycles. The monoisotopic (exact) mass is 325 g/mol. The Labute approximate surface area is 132 Å². The molecule has 0 unspecified atom stereocenters. The number of rotatable bonds is 7. The lowest BCUT2D eigenvalue weighted by atomic mass is 10.2. The fourth-order valence-electron chi connectivity index (χ4n) is 1.90. The van der Waals surface area contributed by atoms with E-state index in [-0.39, 0.29) is 12.5 Å². The van der Waals surface area contributed by atoms with E-state index in [4.69, 9.17) is 16.3 Å². The Morgan fingerprint density at radius 2 is 2.10 bits per heavy atom. The second-order valence-electron chi connectivity index (χ2n) is 4.43. The van der Waals surface area contributed by atoms with E-state index in [9.17, 15) is 4.79 Å². The van der Waals surface area contributed by atoms with E-state index in [1.165, 1.54) is 0 Å². The van der Waals surface area contributed by atoms with Crippen LogP contribution in [-0.4, -0.2) is 33.6 Å². The first-order valence-corrected chi connectivity index (χ1v) is 7.72. The minimum atomic E-state index is -0.257. The van der Waals surface area contributed by atoms with Crippen molar-refractivity contribution >= 4 is 29.1 Å². The van der Waals surface area contributed by atoms with E-state index in [0.29, 0.717) is 29.7 Å². The number of ether oxygens (including phenoxy) is 1. The lowest BCUT2D eigenvalue weighted by molar-refractivity contribution is -0.144. The summed E-state index contributed by atoms with van der Waals surface area (Å²) in [5.41, 5.74) is 1.79. The quantitative estimate of drug-likeness (QED) is 0.733. The van der Waals surface area contributed by atoms with Crippen molar-refractivity contribution < 1.29 is 9.53 Å². The maximum atomic E-state index is 11.7. The van der Waals surface area contributed by atoms with Gasteiger partial charge in [-0.25, -0.2) is 0 Å². The number of esters is 1. The molecule has 0 radical (unpaired) electrons. The highest BCUT2D eigenvalue weighted by Gasteiger charge is 2.16. The average molecular weight is 326 g/mol. The van der Waals surface area contributed by atoms with Gasteiger partial charge >= 0.3 is 5.97 Å². The summed E-state index contributed by atoms with van der Waals surface area (Å²) in [6.45, 7) is 3.44. The molecule has 0 amide bonds. The van der Waals surface area contributed by atoms with Crippen LogP contribution in [0.3, 0.4) is 0 Å². The molecule has 112 valence electrons. The zero-order chi connectivity index (χ0) is 15.1. The first kappa shape index (κ1) is 15.9. The maximum absolute atomic E-state index is 11.7. The Balaban J connectivity index is 2.06. The van der Waals surface area contributed by atoms with Gasteiger partial charge in [-0.2, -0.15) is 0 Å². The summed E-state index contributed by atoms with van der Waals surface area (Å²) in [4.78, 5) is 13.7. The third kappa shape index (κ3) is 5.08. The van der Waals surface area contributed by atoms with E-state index in [1.54, 1.807) is 6.92 Å². The van der Waals surface area contributed by atoms with Gasteiger partial charge in [-0.15, -0.1) is 5.10 Å². The fourth-order valence-corrected chi connectivity index (χ4v) is 2.51. The van der Waals surface area contributed by atoms with Crippen molar-refractivity contribution in [2.45, 2.75) is 20.0 Å². The molecule has 0 aliphatic carbocycles. The smallest absolute Gasteiger partial charge is 0.320 e. The van der Waals surface area contributed by atoms with Gasteiger partial charge in [0.25, 0.3) is 0 Å². The highest BCUT2D eigenvalue weighted by atomic mass is 35.5. The summed E-state index contributed by atoms with van der Waals surface area (Å²) >= 11 is 7.18. The van der Waals surface area contributed by atoms with Crippen LogP contribution in [-0.2, 0) is 22.6 Å².